The van der Waals surface area contributed by atoms with E-state index < -0.39 is 17.6 Å². The summed E-state index contributed by atoms with van der Waals surface area (Å²) in [6.45, 7) is 4.90. The second kappa shape index (κ2) is 11.7. The van der Waals surface area contributed by atoms with Gasteiger partial charge in [-0.05, 0) is 19.2 Å². The van der Waals surface area contributed by atoms with Crippen molar-refractivity contribution in [2.75, 3.05) is 73.0 Å². The molecule has 2 aromatic carbocycles. The number of piperazine rings is 1. The number of halogens is 1. The van der Waals surface area contributed by atoms with Crippen LogP contribution in [-0.2, 0) is 0 Å². The molecule has 34 heavy (non-hydrogen) atoms. The van der Waals surface area contributed by atoms with Crippen LogP contribution in [0.1, 0.15) is 20.7 Å². The van der Waals surface area contributed by atoms with Gasteiger partial charge in [0.1, 0.15) is 11.4 Å². The van der Waals surface area contributed by atoms with E-state index in [4.69, 9.17) is 14.2 Å². The summed E-state index contributed by atoms with van der Waals surface area (Å²) < 4.78 is 30.4. The Balaban J connectivity index is 1.87. The van der Waals surface area contributed by atoms with Crippen LogP contribution >= 0.6 is 0 Å². The Kier molecular flexibility index (Phi) is 8.67. The standard InChI is InChI=1S/C24H31FN4O5/c1-28-11-13-29(14-12-28)10-9-26-24(31)20-18(15-19(32-2)21(33-3)22(20)34-4)27-23(30)16-7-5-6-8-17(16)25/h5-8,15H,9-14H2,1-4H3,(H,26,31)(H,27,30). The Bertz CT molecular complexity index is 1020. The van der Waals surface area contributed by atoms with E-state index >= 15 is 0 Å². The fourth-order valence-electron chi connectivity index (χ4n) is 3.80. The minimum Gasteiger partial charge on any atom is -0.493 e. The number of carbonyl (C=O) groups excluding carboxylic acids is 2. The molecule has 2 aromatic rings. The van der Waals surface area contributed by atoms with Crippen LogP contribution in [-0.4, -0.2) is 89.3 Å². The lowest BCUT2D eigenvalue weighted by Gasteiger charge is -2.32. The normalized spacial score (nSPS) is 14.4. The van der Waals surface area contributed by atoms with Gasteiger partial charge in [0.25, 0.3) is 11.8 Å². The molecule has 0 radical (unpaired) electrons. The predicted octanol–water partition coefficient (Wildman–Crippen LogP) is 2.08. The fraction of sp³-hybridized carbons (Fsp3) is 0.417. The molecule has 0 spiro atoms. The summed E-state index contributed by atoms with van der Waals surface area (Å²) in [5.41, 5.74) is 0.0146. The third-order valence-electron chi connectivity index (χ3n) is 5.73. The van der Waals surface area contributed by atoms with Gasteiger partial charge in [-0.25, -0.2) is 4.39 Å². The maximum atomic E-state index is 14.2. The highest BCUT2D eigenvalue weighted by Crippen LogP contribution is 2.44. The molecular formula is C24H31FN4O5. The quantitative estimate of drug-likeness (QED) is 0.575. The first kappa shape index (κ1) is 25.3. The van der Waals surface area contributed by atoms with E-state index in [0.29, 0.717) is 13.1 Å². The van der Waals surface area contributed by atoms with Crippen LogP contribution < -0.4 is 24.8 Å². The number of hydrogen-bond donors (Lipinski definition) is 2. The largest absolute Gasteiger partial charge is 0.493 e. The van der Waals surface area contributed by atoms with E-state index in [9.17, 15) is 14.0 Å². The zero-order valence-electron chi connectivity index (χ0n) is 19.9. The smallest absolute Gasteiger partial charge is 0.258 e. The van der Waals surface area contributed by atoms with E-state index in [0.717, 1.165) is 26.2 Å². The van der Waals surface area contributed by atoms with Crippen LogP contribution in [0.15, 0.2) is 30.3 Å². The Morgan fingerprint density at radius 3 is 2.26 bits per heavy atom. The van der Waals surface area contributed by atoms with Gasteiger partial charge < -0.3 is 29.7 Å². The predicted molar refractivity (Wildman–Crippen MR) is 127 cm³/mol. The van der Waals surface area contributed by atoms with Crippen molar-refractivity contribution in [3.63, 3.8) is 0 Å². The fourth-order valence-corrected chi connectivity index (χ4v) is 3.80. The maximum absolute atomic E-state index is 14.2. The Hall–Kier alpha value is -3.37. The molecule has 0 saturated carbocycles. The number of benzene rings is 2. The van der Waals surface area contributed by atoms with Gasteiger partial charge in [0.2, 0.25) is 5.75 Å². The summed E-state index contributed by atoms with van der Waals surface area (Å²) in [5, 5.41) is 5.51. The molecule has 1 heterocycles. The maximum Gasteiger partial charge on any atom is 0.258 e. The van der Waals surface area contributed by atoms with Gasteiger partial charge in [-0.1, -0.05) is 12.1 Å². The van der Waals surface area contributed by atoms with Crippen LogP contribution in [0.2, 0.25) is 0 Å². The number of anilines is 1. The molecule has 1 saturated heterocycles. The van der Waals surface area contributed by atoms with Crippen molar-refractivity contribution in [2.24, 2.45) is 0 Å². The second-order valence-electron chi connectivity index (χ2n) is 7.90. The number of rotatable bonds is 9. The summed E-state index contributed by atoms with van der Waals surface area (Å²) >= 11 is 0. The number of amides is 2. The van der Waals surface area contributed by atoms with Gasteiger partial charge in [0.05, 0.1) is 32.6 Å². The van der Waals surface area contributed by atoms with Gasteiger partial charge in [-0.2, -0.15) is 0 Å². The molecule has 2 N–H and O–H groups in total. The lowest BCUT2D eigenvalue weighted by Crippen LogP contribution is -2.47. The van der Waals surface area contributed by atoms with Crippen molar-refractivity contribution in [1.29, 1.82) is 0 Å². The first-order chi connectivity index (χ1) is 16.4. The SMILES string of the molecule is COc1cc(NC(=O)c2ccccc2F)c(C(=O)NCCN2CCN(C)CC2)c(OC)c1OC. The van der Waals surface area contributed by atoms with E-state index in [1.807, 2.05) is 0 Å². The van der Waals surface area contributed by atoms with Gasteiger partial charge in [0, 0.05) is 45.3 Å². The first-order valence-electron chi connectivity index (χ1n) is 11.0. The molecule has 184 valence electrons. The minimum atomic E-state index is -0.709. The van der Waals surface area contributed by atoms with E-state index in [1.165, 1.54) is 45.6 Å². The molecule has 3 rings (SSSR count). The number of ether oxygens (including phenoxy) is 3. The number of methoxy groups -OCH3 is 3. The molecular weight excluding hydrogens is 443 g/mol. The first-order valence-corrected chi connectivity index (χ1v) is 11.0. The Morgan fingerprint density at radius 1 is 0.971 bits per heavy atom. The molecule has 0 aliphatic carbocycles. The molecule has 0 atom stereocenters. The van der Waals surface area contributed by atoms with Gasteiger partial charge in [0.15, 0.2) is 11.5 Å². The van der Waals surface area contributed by atoms with Crippen molar-refractivity contribution < 1.29 is 28.2 Å². The third-order valence-corrected chi connectivity index (χ3v) is 5.73. The highest BCUT2D eigenvalue weighted by molar-refractivity contribution is 6.11. The Morgan fingerprint density at radius 2 is 1.65 bits per heavy atom. The van der Waals surface area contributed by atoms with Gasteiger partial charge >= 0.3 is 0 Å². The summed E-state index contributed by atoms with van der Waals surface area (Å²) in [4.78, 5) is 30.6. The number of nitrogens with zero attached hydrogens (tertiary/aromatic N) is 2. The molecule has 0 aromatic heterocycles. The molecule has 10 heteroatoms. The van der Waals surface area contributed by atoms with Crippen molar-refractivity contribution in [3.05, 3.63) is 47.3 Å². The Labute approximate surface area is 198 Å². The van der Waals surface area contributed by atoms with E-state index in [2.05, 4.69) is 27.5 Å². The summed E-state index contributed by atoms with van der Waals surface area (Å²) in [6.07, 6.45) is 0. The van der Waals surface area contributed by atoms with Crippen LogP contribution in [0.3, 0.4) is 0 Å². The van der Waals surface area contributed by atoms with Gasteiger partial charge in [-0.3, -0.25) is 14.5 Å². The van der Waals surface area contributed by atoms with Gasteiger partial charge in [-0.15, -0.1) is 0 Å². The molecule has 0 unspecified atom stereocenters. The van der Waals surface area contributed by atoms with E-state index in [-0.39, 0.29) is 34.1 Å². The average Bonchev–Trinajstić information content (AvgIpc) is 2.84. The number of nitrogens with one attached hydrogen (secondary N) is 2. The lowest BCUT2D eigenvalue weighted by atomic mass is 10.1. The third kappa shape index (κ3) is 5.75. The zero-order valence-corrected chi connectivity index (χ0v) is 19.9. The lowest BCUT2D eigenvalue weighted by molar-refractivity contribution is 0.0938. The topological polar surface area (TPSA) is 92.4 Å². The average molecular weight is 475 g/mol. The van der Waals surface area contributed by atoms with Crippen molar-refractivity contribution in [2.45, 2.75) is 0 Å². The van der Waals surface area contributed by atoms with Crippen LogP contribution in [0.4, 0.5) is 10.1 Å². The number of carbonyl (C=O) groups is 2. The highest BCUT2D eigenvalue weighted by atomic mass is 19.1. The zero-order chi connectivity index (χ0) is 24.7. The summed E-state index contributed by atoms with van der Waals surface area (Å²) in [7, 11) is 6.32. The van der Waals surface area contributed by atoms with Crippen LogP contribution in [0.5, 0.6) is 17.2 Å². The molecule has 1 aliphatic rings. The van der Waals surface area contributed by atoms with Crippen molar-refractivity contribution in [3.8, 4) is 17.2 Å². The molecule has 2 amide bonds. The molecule has 1 fully saturated rings. The van der Waals surface area contributed by atoms with Crippen molar-refractivity contribution in [1.82, 2.24) is 15.1 Å². The summed E-state index contributed by atoms with van der Waals surface area (Å²) in [6, 6.07) is 7.05. The van der Waals surface area contributed by atoms with E-state index in [1.54, 1.807) is 6.07 Å². The highest BCUT2D eigenvalue weighted by Gasteiger charge is 2.27. The monoisotopic (exact) mass is 474 g/mol. The molecule has 0 bridgehead atoms. The van der Waals surface area contributed by atoms with Crippen molar-refractivity contribution >= 4 is 17.5 Å². The van der Waals surface area contributed by atoms with Crippen LogP contribution in [0.25, 0.3) is 0 Å². The number of likely N-dealkylation sites (N-methyl/N-ethyl adjacent to an activating group) is 1. The molecule has 1 aliphatic heterocycles. The molecule has 9 nitrogen and oxygen atoms in total. The second-order valence-corrected chi connectivity index (χ2v) is 7.90. The van der Waals surface area contributed by atoms with Crippen LogP contribution in [0, 0.1) is 5.82 Å². The summed E-state index contributed by atoms with van der Waals surface area (Å²) in [5.74, 6) is -1.29. The minimum absolute atomic E-state index is 0.0585. The number of hydrogen-bond acceptors (Lipinski definition) is 7.